The lowest BCUT2D eigenvalue weighted by Crippen LogP contribution is -2.41. The smallest absolute Gasteiger partial charge is 0.399 e. The molecule has 0 bridgehead atoms. The maximum absolute atomic E-state index is 11.1. The van der Waals surface area contributed by atoms with Crippen molar-refractivity contribution in [2.24, 2.45) is 0 Å². The van der Waals surface area contributed by atoms with Crippen molar-refractivity contribution in [1.82, 2.24) is 9.38 Å². The summed E-state index contributed by atoms with van der Waals surface area (Å²) in [5, 5.41) is 0. The number of aromatic nitrogens is 2. The van der Waals surface area contributed by atoms with Crippen LogP contribution in [0.1, 0.15) is 43.7 Å². The van der Waals surface area contributed by atoms with E-state index in [-0.39, 0.29) is 0 Å². The standard InChI is InChI=1S/C15H19BN2O3/c1-10-6-12(13-17-7-11(9-19)18(13)8-10)16-20-14(2,3)15(4,5)21-16/h6-9H,1-5H3. The Morgan fingerprint density at radius 1 is 1.24 bits per heavy atom. The fraction of sp³-hybridized carbons (Fsp3) is 0.467. The van der Waals surface area contributed by atoms with Crippen molar-refractivity contribution in [3.63, 3.8) is 0 Å². The minimum atomic E-state index is -0.487. The summed E-state index contributed by atoms with van der Waals surface area (Å²) in [6.45, 7) is 10.0. The summed E-state index contributed by atoms with van der Waals surface area (Å²) in [5.74, 6) is 0. The first-order valence-corrected chi connectivity index (χ1v) is 7.03. The first-order chi connectivity index (χ1) is 9.75. The van der Waals surface area contributed by atoms with Crippen LogP contribution in [0.4, 0.5) is 0 Å². The van der Waals surface area contributed by atoms with E-state index in [1.807, 2.05) is 46.9 Å². The molecule has 1 aliphatic heterocycles. The fourth-order valence-electron chi connectivity index (χ4n) is 2.50. The lowest BCUT2D eigenvalue weighted by Gasteiger charge is -2.32. The Kier molecular flexibility index (Phi) is 3.01. The zero-order valence-corrected chi connectivity index (χ0v) is 13.0. The average molecular weight is 286 g/mol. The van der Waals surface area contributed by atoms with Gasteiger partial charge in [0.05, 0.1) is 17.4 Å². The van der Waals surface area contributed by atoms with E-state index in [0.29, 0.717) is 11.3 Å². The van der Waals surface area contributed by atoms with Crippen molar-refractivity contribution in [1.29, 1.82) is 0 Å². The number of aryl methyl sites for hydroxylation is 1. The molecule has 0 spiro atoms. The van der Waals surface area contributed by atoms with Gasteiger partial charge in [0.25, 0.3) is 0 Å². The van der Waals surface area contributed by atoms with Crippen LogP contribution in [0.2, 0.25) is 0 Å². The van der Waals surface area contributed by atoms with Gasteiger partial charge >= 0.3 is 7.12 Å². The maximum atomic E-state index is 11.1. The molecule has 1 fully saturated rings. The molecule has 1 saturated heterocycles. The van der Waals surface area contributed by atoms with E-state index >= 15 is 0 Å². The lowest BCUT2D eigenvalue weighted by molar-refractivity contribution is 0.00578. The summed E-state index contributed by atoms with van der Waals surface area (Å²) in [7, 11) is -0.487. The molecule has 0 amide bonds. The number of carbonyl (C=O) groups excluding carboxylic acids is 1. The fourth-order valence-corrected chi connectivity index (χ4v) is 2.50. The largest absolute Gasteiger partial charge is 0.498 e. The minimum absolute atomic E-state index is 0.404. The van der Waals surface area contributed by atoms with Crippen LogP contribution in [0.5, 0.6) is 0 Å². The van der Waals surface area contributed by atoms with Gasteiger partial charge in [-0.05, 0) is 40.2 Å². The molecule has 3 heterocycles. The number of rotatable bonds is 2. The molecule has 6 heteroatoms. The van der Waals surface area contributed by atoms with E-state index < -0.39 is 18.3 Å². The predicted molar refractivity (Wildman–Crippen MR) is 81.0 cm³/mol. The minimum Gasteiger partial charge on any atom is -0.399 e. The summed E-state index contributed by atoms with van der Waals surface area (Å²) < 4.78 is 14.0. The third kappa shape index (κ3) is 2.10. The molecule has 0 saturated carbocycles. The van der Waals surface area contributed by atoms with Crippen LogP contribution in [0.25, 0.3) is 5.65 Å². The Morgan fingerprint density at radius 2 is 1.86 bits per heavy atom. The first kappa shape index (κ1) is 14.3. The molecule has 21 heavy (non-hydrogen) atoms. The Bertz CT molecular complexity index is 705. The first-order valence-electron chi connectivity index (χ1n) is 7.03. The monoisotopic (exact) mass is 286 g/mol. The Labute approximate surface area is 124 Å². The van der Waals surface area contributed by atoms with Crippen molar-refractivity contribution >= 4 is 24.5 Å². The van der Waals surface area contributed by atoms with Crippen molar-refractivity contribution in [3.05, 3.63) is 29.7 Å². The molecule has 0 unspecified atom stereocenters. The molecule has 1 aliphatic rings. The molecule has 0 atom stereocenters. The SMILES string of the molecule is Cc1cc(B2OC(C)(C)C(C)(C)O2)c2ncc(C=O)n2c1. The van der Waals surface area contributed by atoms with Crippen LogP contribution < -0.4 is 5.46 Å². The zero-order chi connectivity index (χ0) is 15.4. The van der Waals surface area contributed by atoms with Crippen LogP contribution in [0.3, 0.4) is 0 Å². The summed E-state index contributed by atoms with van der Waals surface area (Å²) in [5.41, 5.74) is 2.28. The topological polar surface area (TPSA) is 52.8 Å². The van der Waals surface area contributed by atoms with Gasteiger partial charge in [0.1, 0.15) is 11.3 Å². The van der Waals surface area contributed by atoms with Crippen molar-refractivity contribution in [2.75, 3.05) is 0 Å². The van der Waals surface area contributed by atoms with Crippen molar-refractivity contribution in [3.8, 4) is 0 Å². The summed E-state index contributed by atoms with van der Waals surface area (Å²) in [6, 6.07) is 2.00. The number of fused-ring (bicyclic) bond motifs is 1. The van der Waals surface area contributed by atoms with Gasteiger partial charge in [-0.25, -0.2) is 4.98 Å². The van der Waals surface area contributed by atoms with Crippen LogP contribution in [-0.4, -0.2) is 34.0 Å². The highest BCUT2D eigenvalue weighted by molar-refractivity contribution is 6.64. The van der Waals surface area contributed by atoms with Crippen molar-refractivity contribution in [2.45, 2.75) is 45.8 Å². The van der Waals surface area contributed by atoms with Crippen LogP contribution in [0.15, 0.2) is 18.5 Å². The third-order valence-corrected chi connectivity index (χ3v) is 4.43. The van der Waals surface area contributed by atoms with Gasteiger partial charge in [0.15, 0.2) is 6.29 Å². The summed E-state index contributed by atoms with van der Waals surface area (Å²) in [6.07, 6.45) is 4.25. The Hall–Kier alpha value is -1.66. The molecule has 0 aromatic carbocycles. The van der Waals surface area contributed by atoms with Gasteiger partial charge in [-0.15, -0.1) is 0 Å². The van der Waals surface area contributed by atoms with Gasteiger partial charge in [-0.2, -0.15) is 0 Å². The van der Waals surface area contributed by atoms with Gasteiger partial charge in [-0.1, -0.05) is 6.07 Å². The van der Waals surface area contributed by atoms with E-state index in [0.717, 1.165) is 17.3 Å². The highest BCUT2D eigenvalue weighted by atomic mass is 16.7. The third-order valence-electron chi connectivity index (χ3n) is 4.43. The molecule has 5 nitrogen and oxygen atoms in total. The van der Waals surface area contributed by atoms with E-state index in [1.165, 1.54) is 0 Å². The second-order valence-corrected chi connectivity index (χ2v) is 6.56. The molecule has 0 N–H and O–H groups in total. The molecule has 3 rings (SSSR count). The Morgan fingerprint density at radius 3 is 2.43 bits per heavy atom. The van der Waals surface area contributed by atoms with E-state index in [9.17, 15) is 4.79 Å². The van der Waals surface area contributed by atoms with Gasteiger partial charge in [0.2, 0.25) is 0 Å². The second-order valence-electron chi connectivity index (χ2n) is 6.56. The summed E-state index contributed by atoms with van der Waals surface area (Å²) >= 11 is 0. The zero-order valence-electron chi connectivity index (χ0n) is 13.0. The van der Waals surface area contributed by atoms with E-state index in [1.54, 1.807) is 10.6 Å². The van der Waals surface area contributed by atoms with Gasteiger partial charge in [0, 0.05) is 11.7 Å². The van der Waals surface area contributed by atoms with Gasteiger partial charge in [-0.3, -0.25) is 9.20 Å². The van der Waals surface area contributed by atoms with Crippen molar-refractivity contribution < 1.29 is 14.1 Å². The molecule has 0 radical (unpaired) electrons. The number of carbonyl (C=O) groups is 1. The van der Waals surface area contributed by atoms with Crippen LogP contribution in [-0.2, 0) is 9.31 Å². The van der Waals surface area contributed by atoms with Crippen LogP contribution in [0, 0.1) is 6.92 Å². The number of imidazole rings is 1. The molecule has 110 valence electrons. The number of aldehydes is 1. The predicted octanol–water partition coefficient (Wildman–Crippen LogP) is 1.75. The van der Waals surface area contributed by atoms with E-state index in [2.05, 4.69) is 4.98 Å². The normalized spacial score (nSPS) is 20.1. The molecule has 0 aliphatic carbocycles. The molecular weight excluding hydrogens is 267 g/mol. The molecular formula is C15H19BN2O3. The molecule has 2 aromatic rings. The lowest BCUT2D eigenvalue weighted by atomic mass is 9.79. The number of pyridine rings is 1. The van der Waals surface area contributed by atoms with E-state index in [4.69, 9.17) is 9.31 Å². The average Bonchev–Trinajstić information content (AvgIpc) is 2.87. The quantitative estimate of drug-likeness (QED) is 0.623. The second kappa shape index (κ2) is 4.42. The Balaban J connectivity index is 2.14. The molecule has 2 aromatic heterocycles. The van der Waals surface area contributed by atoms with Gasteiger partial charge < -0.3 is 9.31 Å². The highest BCUT2D eigenvalue weighted by Crippen LogP contribution is 2.36. The number of nitrogens with zero attached hydrogens (tertiary/aromatic N) is 2. The maximum Gasteiger partial charge on any atom is 0.498 e. The summed E-state index contributed by atoms with van der Waals surface area (Å²) in [4.78, 5) is 15.5. The van der Waals surface area contributed by atoms with Crippen LogP contribution >= 0.6 is 0 Å². The number of hydrogen-bond donors (Lipinski definition) is 0. The number of hydrogen-bond acceptors (Lipinski definition) is 4. The highest BCUT2D eigenvalue weighted by Gasteiger charge is 2.52.